The molecule has 21 heavy (non-hydrogen) atoms. The smallest absolute Gasteiger partial charge is 0.323 e. The highest BCUT2D eigenvalue weighted by Crippen LogP contribution is 2.25. The van der Waals surface area contributed by atoms with Crippen molar-refractivity contribution < 1.29 is 9.59 Å². The highest BCUT2D eigenvalue weighted by molar-refractivity contribution is 6.06. The minimum Gasteiger partial charge on any atom is -0.323 e. The minimum atomic E-state index is -0.718. The molecule has 0 unspecified atom stereocenters. The second kappa shape index (κ2) is 6.34. The first-order chi connectivity index (χ1) is 9.82. The molecule has 0 aromatic rings. The summed E-state index contributed by atoms with van der Waals surface area (Å²) >= 11 is 0. The molecule has 0 spiro atoms. The molecule has 120 valence electrons. The van der Waals surface area contributed by atoms with Crippen molar-refractivity contribution >= 4 is 11.9 Å². The van der Waals surface area contributed by atoms with Crippen LogP contribution in [0.15, 0.2) is 0 Å². The average Bonchev–Trinajstić information content (AvgIpc) is 2.63. The maximum absolute atomic E-state index is 12.6. The van der Waals surface area contributed by atoms with E-state index >= 15 is 0 Å². The van der Waals surface area contributed by atoms with E-state index in [0.29, 0.717) is 19.0 Å². The van der Waals surface area contributed by atoms with E-state index in [4.69, 9.17) is 0 Å². The third-order valence-corrected chi connectivity index (χ3v) is 4.78. The second-order valence-electron chi connectivity index (χ2n) is 7.37. The lowest BCUT2D eigenvalue weighted by molar-refractivity contribution is -0.132. The summed E-state index contributed by atoms with van der Waals surface area (Å²) < 4.78 is 0. The van der Waals surface area contributed by atoms with Gasteiger partial charge in [0.2, 0.25) is 0 Å². The molecule has 1 atom stereocenters. The quantitative estimate of drug-likeness (QED) is 0.793. The molecule has 2 aliphatic rings. The molecular formula is C16H29N3O2. The molecule has 2 fully saturated rings. The van der Waals surface area contributed by atoms with Crippen molar-refractivity contribution in [2.75, 3.05) is 19.8 Å². The van der Waals surface area contributed by atoms with E-state index in [-0.39, 0.29) is 11.9 Å². The molecule has 2 aliphatic heterocycles. The van der Waals surface area contributed by atoms with Crippen molar-refractivity contribution in [2.45, 2.75) is 58.9 Å². The third-order valence-electron chi connectivity index (χ3n) is 4.78. The molecule has 2 saturated heterocycles. The summed E-state index contributed by atoms with van der Waals surface area (Å²) in [5.41, 5.74) is -0.718. The van der Waals surface area contributed by atoms with E-state index in [2.05, 4.69) is 31.0 Å². The van der Waals surface area contributed by atoms with E-state index in [9.17, 15) is 9.59 Å². The summed E-state index contributed by atoms with van der Waals surface area (Å²) in [7, 11) is 0. The lowest BCUT2D eigenvalue weighted by Gasteiger charge is -2.32. The predicted molar refractivity (Wildman–Crippen MR) is 82.7 cm³/mol. The molecule has 2 rings (SSSR count). The summed E-state index contributed by atoms with van der Waals surface area (Å²) in [6.07, 6.45) is 3.95. The van der Waals surface area contributed by atoms with Gasteiger partial charge in [0.05, 0.1) is 6.67 Å². The molecule has 1 N–H and O–H groups in total. The standard InChI is InChI=1S/C16H29N3O2/c1-12(2)5-8-16(4)14(20)19(15(21)17-16)11-18-9-6-13(3)7-10-18/h12-13H,5-11H2,1-4H3,(H,17,21)/t16-/m0/s1. The van der Waals surface area contributed by atoms with Gasteiger partial charge in [0, 0.05) is 13.1 Å². The van der Waals surface area contributed by atoms with Crippen LogP contribution < -0.4 is 5.32 Å². The first kappa shape index (κ1) is 16.3. The normalized spacial score (nSPS) is 28.5. The lowest BCUT2D eigenvalue weighted by atomic mass is 9.92. The Morgan fingerprint density at radius 2 is 1.90 bits per heavy atom. The number of carbonyl (C=O) groups is 2. The molecule has 0 radical (unpaired) electrons. The van der Waals surface area contributed by atoms with Gasteiger partial charge in [-0.15, -0.1) is 0 Å². The second-order valence-corrected chi connectivity index (χ2v) is 7.37. The fourth-order valence-corrected chi connectivity index (χ4v) is 3.03. The average molecular weight is 295 g/mol. The number of nitrogens with zero attached hydrogens (tertiary/aromatic N) is 2. The molecule has 0 saturated carbocycles. The third kappa shape index (κ3) is 3.76. The first-order valence-corrected chi connectivity index (χ1v) is 8.18. The number of carbonyl (C=O) groups excluding carboxylic acids is 2. The van der Waals surface area contributed by atoms with Crippen LogP contribution in [0.3, 0.4) is 0 Å². The Bertz CT molecular complexity index is 402. The Kier molecular flexibility index (Phi) is 4.91. The number of hydrogen-bond acceptors (Lipinski definition) is 3. The number of piperidine rings is 1. The van der Waals surface area contributed by atoms with Gasteiger partial charge in [-0.05, 0) is 44.4 Å². The summed E-state index contributed by atoms with van der Waals surface area (Å²) in [5.74, 6) is 1.22. The van der Waals surface area contributed by atoms with Gasteiger partial charge in [-0.25, -0.2) is 9.69 Å². The Labute approximate surface area is 128 Å². The summed E-state index contributed by atoms with van der Waals surface area (Å²) in [5, 5.41) is 2.89. The van der Waals surface area contributed by atoms with Gasteiger partial charge in [-0.3, -0.25) is 9.69 Å². The van der Waals surface area contributed by atoms with Crippen LogP contribution in [-0.4, -0.2) is 47.0 Å². The zero-order valence-electron chi connectivity index (χ0n) is 13.8. The fourth-order valence-electron chi connectivity index (χ4n) is 3.03. The molecule has 5 heteroatoms. The van der Waals surface area contributed by atoms with Crippen LogP contribution in [0.5, 0.6) is 0 Å². The van der Waals surface area contributed by atoms with Crippen LogP contribution in [0.25, 0.3) is 0 Å². The van der Waals surface area contributed by atoms with Crippen molar-refractivity contribution in [1.82, 2.24) is 15.1 Å². The number of urea groups is 1. The number of nitrogens with one attached hydrogen (secondary N) is 1. The van der Waals surface area contributed by atoms with Gasteiger partial charge in [-0.2, -0.15) is 0 Å². The van der Waals surface area contributed by atoms with Crippen LogP contribution in [0.1, 0.15) is 53.4 Å². The Morgan fingerprint density at radius 1 is 1.29 bits per heavy atom. The minimum absolute atomic E-state index is 0.0632. The topological polar surface area (TPSA) is 52.7 Å². The largest absolute Gasteiger partial charge is 0.326 e. The van der Waals surface area contributed by atoms with E-state index in [1.807, 2.05) is 6.92 Å². The maximum Gasteiger partial charge on any atom is 0.326 e. The predicted octanol–water partition coefficient (Wildman–Crippen LogP) is 2.42. The Balaban J connectivity index is 1.95. The van der Waals surface area contributed by atoms with Gasteiger partial charge in [0.15, 0.2) is 0 Å². The van der Waals surface area contributed by atoms with Crippen molar-refractivity contribution in [3.8, 4) is 0 Å². The number of imide groups is 1. The van der Waals surface area contributed by atoms with Crippen molar-refractivity contribution in [3.05, 3.63) is 0 Å². The highest BCUT2D eigenvalue weighted by Gasteiger charge is 2.47. The molecule has 0 bridgehead atoms. The Hall–Kier alpha value is -1.10. The van der Waals surface area contributed by atoms with Gasteiger partial charge < -0.3 is 5.32 Å². The van der Waals surface area contributed by atoms with Crippen molar-refractivity contribution in [2.24, 2.45) is 11.8 Å². The monoisotopic (exact) mass is 295 g/mol. The number of amides is 3. The Morgan fingerprint density at radius 3 is 2.48 bits per heavy atom. The molecule has 2 heterocycles. The highest BCUT2D eigenvalue weighted by atomic mass is 16.2. The molecular weight excluding hydrogens is 266 g/mol. The van der Waals surface area contributed by atoms with Gasteiger partial charge >= 0.3 is 6.03 Å². The van der Waals surface area contributed by atoms with Crippen LogP contribution in [0.2, 0.25) is 0 Å². The summed E-state index contributed by atoms with van der Waals surface area (Å²) in [4.78, 5) is 28.4. The van der Waals surface area contributed by atoms with Crippen molar-refractivity contribution in [3.63, 3.8) is 0 Å². The maximum atomic E-state index is 12.6. The van der Waals surface area contributed by atoms with E-state index in [0.717, 1.165) is 38.3 Å². The SMILES string of the molecule is CC(C)CC[C@]1(C)NC(=O)N(CN2CCC(C)CC2)C1=O. The van der Waals surface area contributed by atoms with E-state index in [1.54, 1.807) is 0 Å². The summed E-state index contributed by atoms with van der Waals surface area (Å²) in [6.45, 7) is 10.8. The number of likely N-dealkylation sites (tertiary alicyclic amines) is 1. The summed E-state index contributed by atoms with van der Waals surface area (Å²) in [6, 6.07) is -0.232. The lowest BCUT2D eigenvalue weighted by Crippen LogP contribution is -2.47. The van der Waals surface area contributed by atoms with Crippen LogP contribution >= 0.6 is 0 Å². The van der Waals surface area contributed by atoms with Gasteiger partial charge in [0.25, 0.3) is 5.91 Å². The molecule has 0 aromatic heterocycles. The zero-order chi connectivity index (χ0) is 15.6. The molecule has 0 aromatic carbocycles. The van der Waals surface area contributed by atoms with E-state index < -0.39 is 5.54 Å². The number of rotatable bonds is 5. The van der Waals surface area contributed by atoms with Gasteiger partial charge in [-0.1, -0.05) is 20.8 Å². The zero-order valence-corrected chi connectivity index (χ0v) is 13.8. The van der Waals surface area contributed by atoms with Crippen LogP contribution in [-0.2, 0) is 4.79 Å². The molecule has 3 amide bonds. The molecule has 5 nitrogen and oxygen atoms in total. The number of hydrogen-bond donors (Lipinski definition) is 1. The van der Waals surface area contributed by atoms with Gasteiger partial charge in [0.1, 0.15) is 5.54 Å². The van der Waals surface area contributed by atoms with E-state index in [1.165, 1.54) is 4.90 Å². The fraction of sp³-hybridized carbons (Fsp3) is 0.875. The first-order valence-electron chi connectivity index (χ1n) is 8.18. The van der Waals surface area contributed by atoms with Crippen molar-refractivity contribution in [1.29, 1.82) is 0 Å². The molecule has 0 aliphatic carbocycles. The van der Waals surface area contributed by atoms with Crippen LogP contribution in [0.4, 0.5) is 4.79 Å². The van der Waals surface area contributed by atoms with Crippen LogP contribution in [0, 0.1) is 11.8 Å².